The molecule has 2 aromatic rings. The van der Waals surface area contributed by atoms with Gasteiger partial charge in [0, 0.05) is 11.1 Å². The van der Waals surface area contributed by atoms with Crippen molar-refractivity contribution in [2.75, 3.05) is 0 Å². The van der Waals surface area contributed by atoms with Crippen LogP contribution in [0.3, 0.4) is 0 Å². The first-order valence-corrected chi connectivity index (χ1v) is 7.18. The van der Waals surface area contributed by atoms with Crippen molar-refractivity contribution in [3.63, 3.8) is 0 Å². The second kappa shape index (κ2) is 4.66. The molecule has 106 valence electrons. The predicted molar refractivity (Wildman–Crippen MR) is 83.0 cm³/mol. The number of hydrogen-bond donors (Lipinski definition) is 0. The monoisotopic (exact) mass is 278 g/mol. The lowest BCUT2D eigenvalue weighted by atomic mass is 9.79. The van der Waals surface area contributed by atoms with E-state index >= 15 is 0 Å². The van der Waals surface area contributed by atoms with Crippen molar-refractivity contribution in [3.05, 3.63) is 70.8 Å². The zero-order valence-corrected chi connectivity index (χ0v) is 12.5. The van der Waals surface area contributed by atoms with E-state index < -0.39 is 5.92 Å². The lowest BCUT2D eigenvalue weighted by molar-refractivity contribution is 0.0889. The third-order valence-corrected chi connectivity index (χ3v) is 4.06. The van der Waals surface area contributed by atoms with Gasteiger partial charge in [0.1, 0.15) is 5.92 Å². The number of benzene rings is 2. The lowest BCUT2D eigenvalue weighted by Crippen LogP contribution is -2.21. The van der Waals surface area contributed by atoms with Crippen LogP contribution in [0.15, 0.2) is 48.5 Å². The molecule has 0 radical (unpaired) electrons. The summed E-state index contributed by atoms with van der Waals surface area (Å²) in [5.41, 5.74) is 2.90. The fourth-order valence-corrected chi connectivity index (χ4v) is 3.06. The Kier molecular flexibility index (Phi) is 3.05. The van der Waals surface area contributed by atoms with Crippen molar-refractivity contribution in [2.45, 2.75) is 32.1 Å². The Morgan fingerprint density at radius 3 is 1.76 bits per heavy atom. The molecular formula is C19H18O2. The molecule has 2 aromatic carbocycles. The summed E-state index contributed by atoms with van der Waals surface area (Å²) in [6.07, 6.45) is 0. The van der Waals surface area contributed by atoms with Gasteiger partial charge in [-0.3, -0.25) is 9.59 Å². The van der Waals surface area contributed by atoms with E-state index in [1.165, 1.54) is 0 Å². The number of carbonyl (C=O) groups is 2. The topological polar surface area (TPSA) is 34.1 Å². The molecule has 0 saturated heterocycles. The van der Waals surface area contributed by atoms with Gasteiger partial charge in [0.2, 0.25) is 0 Å². The molecule has 0 unspecified atom stereocenters. The molecule has 0 aliphatic heterocycles. The molecule has 0 spiro atoms. The van der Waals surface area contributed by atoms with Crippen LogP contribution in [0.2, 0.25) is 0 Å². The second-order valence-corrected chi connectivity index (χ2v) is 6.54. The predicted octanol–water partition coefficient (Wildman–Crippen LogP) is 4.15. The zero-order valence-electron chi connectivity index (χ0n) is 12.5. The van der Waals surface area contributed by atoms with Gasteiger partial charge in [0.25, 0.3) is 0 Å². The molecule has 0 atom stereocenters. The van der Waals surface area contributed by atoms with Crippen LogP contribution in [-0.2, 0) is 5.41 Å². The summed E-state index contributed by atoms with van der Waals surface area (Å²) >= 11 is 0. The number of ketones is 2. The standard InChI is InChI=1S/C19H18O2/c1-19(2,3)15-11-7-6-10-14(15)16-17(20)12-8-4-5-9-13(12)18(16)21/h4-11,16H,1-3H3. The van der Waals surface area contributed by atoms with E-state index in [1.807, 2.05) is 36.4 Å². The maximum atomic E-state index is 12.7. The van der Waals surface area contributed by atoms with Crippen LogP contribution >= 0.6 is 0 Å². The molecule has 1 aliphatic carbocycles. The molecule has 0 fully saturated rings. The van der Waals surface area contributed by atoms with E-state index in [9.17, 15) is 9.59 Å². The number of fused-ring (bicyclic) bond motifs is 1. The maximum absolute atomic E-state index is 12.7. The number of hydrogen-bond acceptors (Lipinski definition) is 2. The Hall–Kier alpha value is -2.22. The average molecular weight is 278 g/mol. The lowest BCUT2D eigenvalue weighted by Gasteiger charge is -2.24. The van der Waals surface area contributed by atoms with Gasteiger partial charge in [-0.25, -0.2) is 0 Å². The van der Waals surface area contributed by atoms with Gasteiger partial charge in [-0.15, -0.1) is 0 Å². The van der Waals surface area contributed by atoms with Crippen LogP contribution < -0.4 is 0 Å². The highest BCUT2D eigenvalue weighted by atomic mass is 16.2. The number of Topliss-reactive ketones (excluding diaryl/α,β-unsaturated/α-hetero) is 2. The van der Waals surface area contributed by atoms with Gasteiger partial charge >= 0.3 is 0 Å². The van der Waals surface area contributed by atoms with Gasteiger partial charge in [0.15, 0.2) is 11.6 Å². The largest absolute Gasteiger partial charge is 0.293 e. The molecule has 21 heavy (non-hydrogen) atoms. The van der Waals surface area contributed by atoms with Crippen molar-refractivity contribution in [2.24, 2.45) is 0 Å². The first-order valence-electron chi connectivity index (χ1n) is 7.18. The van der Waals surface area contributed by atoms with Crippen molar-refractivity contribution in [1.82, 2.24) is 0 Å². The van der Waals surface area contributed by atoms with Crippen molar-refractivity contribution >= 4 is 11.6 Å². The van der Waals surface area contributed by atoms with Crippen molar-refractivity contribution in [1.29, 1.82) is 0 Å². The Balaban J connectivity index is 2.17. The van der Waals surface area contributed by atoms with Crippen molar-refractivity contribution < 1.29 is 9.59 Å². The number of carbonyl (C=O) groups excluding carboxylic acids is 2. The summed E-state index contributed by atoms with van der Waals surface area (Å²) in [6, 6.07) is 14.9. The van der Waals surface area contributed by atoms with Crippen LogP contribution in [0.25, 0.3) is 0 Å². The van der Waals surface area contributed by atoms with E-state index in [1.54, 1.807) is 12.1 Å². The summed E-state index contributed by atoms with van der Waals surface area (Å²) in [5.74, 6) is -0.836. The molecule has 1 aliphatic rings. The Labute approximate surface area is 124 Å². The molecule has 2 nitrogen and oxygen atoms in total. The van der Waals surface area contributed by atoms with E-state index in [2.05, 4.69) is 20.8 Å². The molecule has 0 heterocycles. The zero-order chi connectivity index (χ0) is 15.2. The minimum absolute atomic E-state index is 0.0766. The van der Waals surface area contributed by atoms with E-state index in [-0.39, 0.29) is 17.0 Å². The summed E-state index contributed by atoms with van der Waals surface area (Å²) in [6.45, 7) is 6.30. The second-order valence-electron chi connectivity index (χ2n) is 6.54. The third kappa shape index (κ3) is 2.11. The molecule has 0 aromatic heterocycles. The highest BCUT2D eigenvalue weighted by Gasteiger charge is 2.41. The van der Waals surface area contributed by atoms with E-state index in [4.69, 9.17) is 0 Å². The SMILES string of the molecule is CC(C)(C)c1ccccc1C1C(=O)c2ccccc2C1=O. The number of rotatable bonds is 1. The van der Waals surface area contributed by atoms with Gasteiger partial charge in [-0.05, 0) is 16.5 Å². The first kappa shape index (κ1) is 13.7. The van der Waals surface area contributed by atoms with E-state index in [0.29, 0.717) is 11.1 Å². The maximum Gasteiger partial charge on any atom is 0.178 e. The average Bonchev–Trinajstić information content (AvgIpc) is 2.71. The third-order valence-electron chi connectivity index (χ3n) is 4.06. The first-order chi connectivity index (χ1) is 9.91. The molecule has 0 amide bonds. The van der Waals surface area contributed by atoms with Crippen LogP contribution in [0.5, 0.6) is 0 Å². The molecule has 0 N–H and O–H groups in total. The minimum Gasteiger partial charge on any atom is -0.293 e. The minimum atomic E-state index is -0.683. The molecule has 2 heteroatoms. The van der Waals surface area contributed by atoms with E-state index in [0.717, 1.165) is 11.1 Å². The Bertz CT molecular complexity index is 700. The smallest absolute Gasteiger partial charge is 0.178 e. The van der Waals surface area contributed by atoms with Crippen molar-refractivity contribution in [3.8, 4) is 0 Å². The van der Waals surface area contributed by atoms with Gasteiger partial charge in [0.05, 0.1) is 0 Å². The highest BCUT2D eigenvalue weighted by Crippen LogP contribution is 2.38. The molecule has 0 saturated carbocycles. The fourth-order valence-electron chi connectivity index (χ4n) is 3.06. The van der Waals surface area contributed by atoms with Gasteiger partial charge in [-0.2, -0.15) is 0 Å². The van der Waals surface area contributed by atoms with Crippen LogP contribution in [0.4, 0.5) is 0 Å². The molecule has 0 bridgehead atoms. The van der Waals surface area contributed by atoms with Crippen LogP contribution in [0, 0.1) is 0 Å². The summed E-state index contributed by atoms with van der Waals surface area (Å²) < 4.78 is 0. The summed E-state index contributed by atoms with van der Waals surface area (Å²) in [4.78, 5) is 25.3. The van der Waals surface area contributed by atoms with Gasteiger partial charge in [-0.1, -0.05) is 69.3 Å². The molecule has 3 rings (SSSR count). The normalized spacial score (nSPS) is 15.4. The van der Waals surface area contributed by atoms with Crippen LogP contribution in [0.1, 0.15) is 58.5 Å². The summed E-state index contributed by atoms with van der Waals surface area (Å²) in [7, 11) is 0. The summed E-state index contributed by atoms with van der Waals surface area (Å²) in [5, 5.41) is 0. The molecular weight excluding hydrogens is 260 g/mol. The Morgan fingerprint density at radius 1 is 0.762 bits per heavy atom. The van der Waals surface area contributed by atoms with Gasteiger partial charge < -0.3 is 0 Å². The fraction of sp³-hybridized carbons (Fsp3) is 0.263. The quantitative estimate of drug-likeness (QED) is 0.734. The Morgan fingerprint density at radius 2 is 1.24 bits per heavy atom. The highest BCUT2D eigenvalue weighted by molar-refractivity contribution is 6.29. The van der Waals surface area contributed by atoms with Crippen LogP contribution in [-0.4, -0.2) is 11.6 Å².